The number of carbonyl (C=O) groups is 2. The standard InChI is InChI=1S/C17H23N3O4/c1-19(2)16(22)12-17(9-5-6-10-17)11-15(21)18-13-7-3-4-8-14(13)20(23)24/h3-4,7-8H,5-6,9-12H2,1-2H3,(H,18,21). The molecule has 0 saturated heterocycles. The zero-order valence-electron chi connectivity index (χ0n) is 14.1. The van der Waals surface area contributed by atoms with Crippen LogP contribution in [-0.4, -0.2) is 35.7 Å². The van der Waals surface area contributed by atoms with Crippen molar-refractivity contribution in [3.63, 3.8) is 0 Å². The average Bonchev–Trinajstić information content (AvgIpc) is 2.95. The van der Waals surface area contributed by atoms with Crippen molar-refractivity contribution in [3.05, 3.63) is 34.4 Å². The fourth-order valence-corrected chi connectivity index (χ4v) is 3.29. The van der Waals surface area contributed by atoms with Gasteiger partial charge in [0.2, 0.25) is 11.8 Å². The number of rotatable bonds is 6. The maximum absolute atomic E-state index is 12.4. The fourth-order valence-electron chi connectivity index (χ4n) is 3.29. The molecule has 1 N–H and O–H groups in total. The molecule has 1 aromatic rings. The molecule has 7 heteroatoms. The van der Waals surface area contributed by atoms with Gasteiger partial charge in [0, 0.05) is 33.0 Å². The maximum Gasteiger partial charge on any atom is 0.292 e. The monoisotopic (exact) mass is 333 g/mol. The highest BCUT2D eigenvalue weighted by molar-refractivity contribution is 5.93. The summed E-state index contributed by atoms with van der Waals surface area (Å²) in [4.78, 5) is 36.6. The molecule has 130 valence electrons. The number of nitro benzene ring substituents is 1. The first-order chi connectivity index (χ1) is 11.3. The van der Waals surface area contributed by atoms with Gasteiger partial charge in [0.05, 0.1) is 4.92 Å². The van der Waals surface area contributed by atoms with Crippen molar-refractivity contribution in [2.24, 2.45) is 5.41 Å². The van der Waals surface area contributed by atoms with E-state index in [-0.39, 0.29) is 35.0 Å². The van der Waals surface area contributed by atoms with Crippen molar-refractivity contribution in [2.75, 3.05) is 19.4 Å². The number of amides is 2. The molecule has 1 saturated carbocycles. The summed E-state index contributed by atoms with van der Waals surface area (Å²) in [6, 6.07) is 6.07. The molecule has 2 amide bonds. The summed E-state index contributed by atoms with van der Waals surface area (Å²) in [7, 11) is 3.41. The number of nitro groups is 1. The number of anilines is 1. The summed E-state index contributed by atoms with van der Waals surface area (Å²) < 4.78 is 0. The maximum atomic E-state index is 12.4. The summed E-state index contributed by atoms with van der Waals surface area (Å²) in [5.41, 5.74) is -0.273. The lowest BCUT2D eigenvalue weighted by Gasteiger charge is -2.29. The first-order valence-electron chi connectivity index (χ1n) is 8.06. The highest BCUT2D eigenvalue weighted by Crippen LogP contribution is 2.44. The van der Waals surface area contributed by atoms with Crippen LogP contribution in [0.25, 0.3) is 0 Å². The lowest BCUT2D eigenvalue weighted by atomic mass is 9.78. The van der Waals surface area contributed by atoms with Crippen molar-refractivity contribution >= 4 is 23.2 Å². The zero-order chi connectivity index (χ0) is 17.7. The van der Waals surface area contributed by atoms with Crippen LogP contribution in [-0.2, 0) is 9.59 Å². The van der Waals surface area contributed by atoms with Crippen LogP contribution in [0, 0.1) is 15.5 Å². The minimum absolute atomic E-state index is 0.00962. The fraction of sp³-hybridized carbons (Fsp3) is 0.529. The van der Waals surface area contributed by atoms with Crippen LogP contribution in [0.3, 0.4) is 0 Å². The summed E-state index contributed by atoms with van der Waals surface area (Å²) in [6.07, 6.45) is 4.20. The molecule has 2 rings (SSSR count). The first kappa shape index (κ1) is 17.9. The quantitative estimate of drug-likeness (QED) is 0.640. The number of nitrogens with zero attached hydrogens (tertiary/aromatic N) is 2. The normalized spacial score (nSPS) is 15.8. The number of carbonyl (C=O) groups excluding carboxylic acids is 2. The third-order valence-corrected chi connectivity index (χ3v) is 4.60. The van der Waals surface area contributed by atoms with Gasteiger partial charge in [0.15, 0.2) is 0 Å². The van der Waals surface area contributed by atoms with E-state index in [1.165, 1.54) is 12.1 Å². The molecule has 0 aromatic heterocycles. The molecule has 0 radical (unpaired) electrons. The van der Waals surface area contributed by atoms with Gasteiger partial charge in [-0.3, -0.25) is 19.7 Å². The van der Waals surface area contributed by atoms with Crippen molar-refractivity contribution in [3.8, 4) is 0 Å². The van der Waals surface area contributed by atoms with Crippen LogP contribution < -0.4 is 5.32 Å². The van der Waals surface area contributed by atoms with E-state index >= 15 is 0 Å². The number of hydrogen-bond acceptors (Lipinski definition) is 4. The van der Waals surface area contributed by atoms with Gasteiger partial charge in [-0.05, 0) is 24.3 Å². The Kier molecular flexibility index (Phi) is 5.54. The number of nitrogens with one attached hydrogen (secondary N) is 1. The molecule has 0 atom stereocenters. The molecular weight excluding hydrogens is 310 g/mol. The predicted molar refractivity (Wildman–Crippen MR) is 90.6 cm³/mol. The van der Waals surface area contributed by atoms with Gasteiger partial charge >= 0.3 is 0 Å². The molecule has 1 aliphatic carbocycles. The van der Waals surface area contributed by atoms with Crippen LogP contribution in [0.1, 0.15) is 38.5 Å². The van der Waals surface area contributed by atoms with Crippen molar-refractivity contribution in [1.82, 2.24) is 4.90 Å². The van der Waals surface area contributed by atoms with Crippen LogP contribution in [0.4, 0.5) is 11.4 Å². The molecule has 7 nitrogen and oxygen atoms in total. The first-order valence-corrected chi connectivity index (χ1v) is 8.06. The van der Waals surface area contributed by atoms with E-state index in [0.717, 1.165) is 25.7 Å². The lowest BCUT2D eigenvalue weighted by Crippen LogP contribution is -2.32. The lowest BCUT2D eigenvalue weighted by molar-refractivity contribution is -0.383. The van der Waals surface area contributed by atoms with E-state index in [1.54, 1.807) is 31.1 Å². The van der Waals surface area contributed by atoms with Gasteiger partial charge in [-0.15, -0.1) is 0 Å². The van der Waals surface area contributed by atoms with Crippen LogP contribution >= 0.6 is 0 Å². The zero-order valence-corrected chi connectivity index (χ0v) is 14.1. The molecule has 0 unspecified atom stereocenters. The Bertz CT molecular complexity index is 636. The molecule has 0 spiro atoms. The number of para-hydroxylation sites is 2. The summed E-state index contributed by atoms with van der Waals surface area (Å²) >= 11 is 0. The van der Waals surface area contributed by atoms with Gasteiger partial charge < -0.3 is 10.2 Å². The Morgan fingerprint density at radius 2 is 1.83 bits per heavy atom. The third kappa shape index (κ3) is 4.31. The van der Waals surface area contributed by atoms with Gasteiger partial charge in [-0.1, -0.05) is 25.0 Å². The molecule has 0 aliphatic heterocycles. The van der Waals surface area contributed by atoms with E-state index < -0.39 is 4.92 Å². The topological polar surface area (TPSA) is 92.6 Å². The van der Waals surface area contributed by atoms with Gasteiger partial charge in [0.1, 0.15) is 5.69 Å². The van der Waals surface area contributed by atoms with E-state index in [4.69, 9.17) is 0 Å². The van der Waals surface area contributed by atoms with Crippen molar-refractivity contribution < 1.29 is 14.5 Å². The van der Waals surface area contributed by atoms with E-state index in [1.807, 2.05) is 0 Å². The summed E-state index contributed by atoms with van der Waals surface area (Å²) in [5.74, 6) is -0.270. The Morgan fingerprint density at radius 1 is 1.21 bits per heavy atom. The minimum Gasteiger partial charge on any atom is -0.349 e. The smallest absolute Gasteiger partial charge is 0.292 e. The number of hydrogen-bond donors (Lipinski definition) is 1. The van der Waals surface area contributed by atoms with Gasteiger partial charge in [0.25, 0.3) is 5.69 Å². The minimum atomic E-state index is -0.517. The molecule has 24 heavy (non-hydrogen) atoms. The average molecular weight is 333 g/mol. The van der Waals surface area contributed by atoms with Gasteiger partial charge in [-0.25, -0.2) is 0 Å². The Labute approximate surface area is 141 Å². The van der Waals surface area contributed by atoms with Crippen LogP contribution in [0.5, 0.6) is 0 Å². The van der Waals surface area contributed by atoms with Crippen molar-refractivity contribution in [2.45, 2.75) is 38.5 Å². The van der Waals surface area contributed by atoms with Gasteiger partial charge in [-0.2, -0.15) is 0 Å². The highest BCUT2D eigenvalue weighted by Gasteiger charge is 2.38. The second-order valence-electron chi connectivity index (χ2n) is 6.67. The summed E-state index contributed by atoms with van der Waals surface area (Å²) in [6.45, 7) is 0. The van der Waals surface area contributed by atoms with E-state index in [9.17, 15) is 19.7 Å². The molecule has 1 fully saturated rings. The van der Waals surface area contributed by atoms with Crippen LogP contribution in [0.15, 0.2) is 24.3 Å². The molecular formula is C17H23N3O4. The molecule has 0 bridgehead atoms. The second-order valence-corrected chi connectivity index (χ2v) is 6.67. The predicted octanol–water partition coefficient (Wildman–Crippen LogP) is 2.96. The molecule has 0 heterocycles. The Morgan fingerprint density at radius 3 is 2.42 bits per heavy atom. The van der Waals surface area contributed by atoms with Crippen LogP contribution in [0.2, 0.25) is 0 Å². The molecule has 1 aromatic carbocycles. The number of benzene rings is 1. The second kappa shape index (κ2) is 7.42. The SMILES string of the molecule is CN(C)C(=O)CC1(CC(=O)Nc2ccccc2[N+](=O)[O-])CCCC1. The van der Waals surface area contributed by atoms with E-state index in [2.05, 4.69) is 5.32 Å². The summed E-state index contributed by atoms with van der Waals surface area (Å²) in [5, 5.41) is 13.7. The largest absolute Gasteiger partial charge is 0.349 e. The van der Waals surface area contributed by atoms with Crippen molar-refractivity contribution in [1.29, 1.82) is 0 Å². The third-order valence-electron chi connectivity index (χ3n) is 4.60. The Hall–Kier alpha value is -2.44. The molecule has 1 aliphatic rings. The van der Waals surface area contributed by atoms with E-state index in [0.29, 0.717) is 6.42 Å². The Balaban J connectivity index is 2.09. The highest BCUT2D eigenvalue weighted by atomic mass is 16.6.